The van der Waals surface area contributed by atoms with Crippen molar-refractivity contribution >= 4 is 0 Å². The van der Waals surface area contributed by atoms with Gasteiger partial charge in [-0.05, 0) is 13.0 Å². The van der Waals surface area contributed by atoms with Crippen LogP contribution in [-0.4, -0.2) is 14.8 Å². The maximum absolute atomic E-state index is 12.8. The number of nitrogens with zero attached hydrogens (tertiary/aromatic N) is 3. The summed E-state index contributed by atoms with van der Waals surface area (Å²) in [7, 11) is 0. The smallest absolute Gasteiger partial charge is 0.314 e. The van der Waals surface area contributed by atoms with Gasteiger partial charge in [-0.3, -0.25) is 0 Å². The molecule has 0 aliphatic carbocycles. The minimum absolute atomic E-state index is 0.0550. The van der Waals surface area contributed by atoms with Crippen LogP contribution in [0.5, 0.6) is 0 Å². The van der Waals surface area contributed by atoms with Crippen LogP contribution >= 0.6 is 0 Å². The van der Waals surface area contributed by atoms with Crippen LogP contribution in [-0.2, 0) is 12.7 Å². The van der Waals surface area contributed by atoms with Gasteiger partial charge in [-0.15, -0.1) is 10.2 Å². The topological polar surface area (TPSA) is 30.7 Å². The Bertz CT molecular complexity index is 517. The van der Waals surface area contributed by atoms with E-state index < -0.39 is 11.7 Å². The number of halogens is 3. The average Bonchev–Trinajstić information content (AvgIpc) is 2.75. The Morgan fingerprint density at radius 1 is 1.24 bits per heavy atom. The van der Waals surface area contributed by atoms with E-state index >= 15 is 0 Å². The summed E-state index contributed by atoms with van der Waals surface area (Å²) in [5, 5.41) is 7.38. The zero-order valence-corrected chi connectivity index (χ0v) is 9.07. The quantitative estimate of drug-likeness (QED) is 0.809. The highest BCUT2D eigenvalue weighted by molar-refractivity contribution is 5.61. The van der Waals surface area contributed by atoms with Crippen molar-refractivity contribution in [3.8, 4) is 11.4 Å². The highest BCUT2D eigenvalue weighted by Crippen LogP contribution is 2.35. The number of benzene rings is 1. The molecule has 3 nitrogen and oxygen atoms in total. The molecule has 17 heavy (non-hydrogen) atoms. The summed E-state index contributed by atoms with van der Waals surface area (Å²) in [6.07, 6.45) is -2.97. The van der Waals surface area contributed by atoms with Gasteiger partial charge in [0.05, 0.1) is 5.56 Å². The molecule has 6 heteroatoms. The Kier molecular flexibility index (Phi) is 2.87. The van der Waals surface area contributed by atoms with Gasteiger partial charge in [0, 0.05) is 12.1 Å². The number of rotatable bonds is 2. The fourth-order valence-electron chi connectivity index (χ4n) is 1.62. The van der Waals surface area contributed by atoms with E-state index in [4.69, 9.17) is 0 Å². The van der Waals surface area contributed by atoms with E-state index in [2.05, 4.69) is 10.2 Å². The van der Waals surface area contributed by atoms with Crippen LogP contribution in [0.3, 0.4) is 0 Å². The van der Waals surface area contributed by atoms with Gasteiger partial charge in [0.1, 0.15) is 6.33 Å². The average molecular weight is 241 g/mol. The fourth-order valence-corrected chi connectivity index (χ4v) is 1.62. The molecule has 1 aromatic heterocycles. The molecule has 0 saturated carbocycles. The second-order valence-electron chi connectivity index (χ2n) is 3.48. The van der Waals surface area contributed by atoms with E-state index in [1.54, 1.807) is 10.6 Å². The number of hydrogen-bond acceptors (Lipinski definition) is 2. The number of alkyl halides is 3. The molecular formula is C11H10F3N3. The third-order valence-corrected chi connectivity index (χ3v) is 2.43. The first-order valence-corrected chi connectivity index (χ1v) is 5.08. The van der Waals surface area contributed by atoms with E-state index in [9.17, 15) is 13.2 Å². The van der Waals surface area contributed by atoms with Crippen molar-refractivity contribution in [1.82, 2.24) is 14.8 Å². The van der Waals surface area contributed by atoms with Gasteiger partial charge in [-0.1, -0.05) is 18.2 Å². The lowest BCUT2D eigenvalue weighted by molar-refractivity contribution is -0.137. The summed E-state index contributed by atoms with van der Waals surface area (Å²) in [4.78, 5) is 0. The SMILES string of the molecule is CCn1cnnc1-c1ccccc1C(F)(F)F. The molecule has 0 fully saturated rings. The largest absolute Gasteiger partial charge is 0.417 e. The van der Waals surface area contributed by atoms with Crippen molar-refractivity contribution in [3.63, 3.8) is 0 Å². The third-order valence-electron chi connectivity index (χ3n) is 2.43. The molecule has 0 unspecified atom stereocenters. The predicted octanol–water partition coefficient (Wildman–Crippen LogP) is 2.98. The molecule has 2 rings (SSSR count). The first kappa shape index (κ1) is 11.6. The van der Waals surface area contributed by atoms with Crippen LogP contribution in [0.1, 0.15) is 12.5 Å². The molecule has 0 N–H and O–H groups in total. The minimum atomic E-state index is -4.39. The van der Waals surface area contributed by atoms with Crippen LogP contribution < -0.4 is 0 Å². The first-order chi connectivity index (χ1) is 8.04. The summed E-state index contributed by atoms with van der Waals surface area (Å²) >= 11 is 0. The summed E-state index contributed by atoms with van der Waals surface area (Å²) in [6, 6.07) is 5.36. The van der Waals surface area contributed by atoms with Crippen molar-refractivity contribution in [2.24, 2.45) is 0 Å². The summed E-state index contributed by atoms with van der Waals surface area (Å²) in [5.74, 6) is 0.237. The molecule has 0 atom stereocenters. The van der Waals surface area contributed by atoms with Crippen molar-refractivity contribution in [2.45, 2.75) is 19.6 Å². The molecule has 2 aromatic rings. The van der Waals surface area contributed by atoms with E-state index in [0.717, 1.165) is 6.07 Å². The van der Waals surface area contributed by atoms with Crippen molar-refractivity contribution in [3.05, 3.63) is 36.2 Å². The maximum atomic E-state index is 12.8. The number of hydrogen-bond donors (Lipinski definition) is 0. The van der Waals surface area contributed by atoms with Crippen LogP contribution in [0.15, 0.2) is 30.6 Å². The normalized spacial score (nSPS) is 11.8. The Hall–Kier alpha value is -1.85. The summed E-state index contributed by atoms with van der Waals surface area (Å²) in [5.41, 5.74) is -0.637. The molecule has 0 aliphatic rings. The van der Waals surface area contributed by atoms with E-state index in [0.29, 0.717) is 6.54 Å². The second kappa shape index (κ2) is 4.20. The van der Waals surface area contributed by atoms with Gasteiger partial charge in [-0.25, -0.2) is 0 Å². The predicted molar refractivity (Wildman–Crippen MR) is 56.1 cm³/mol. The Labute approximate surface area is 95.9 Å². The molecule has 90 valence electrons. The molecule has 0 aliphatic heterocycles. The zero-order valence-electron chi connectivity index (χ0n) is 9.07. The molecule has 0 amide bonds. The van der Waals surface area contributed by atoms with Gasteiger partial charge in [0.15, 0.2) is 5.82 Å². The van der Waals surface area contributed by atoms with E-state index in [1.165, 1.54) is 18.5 Å². The Morgan fingerprint density at radius 2 is 1.94 bits per heavy atom. The lowest BCUT2D eigenvalue weighted by Gasteiger charge is -2.12. The number of aryl methyl sites for hydroxylation is 1. The fraction of sp³-hybridized carbons (Fsp3) is 0.273. The van der Waals surface area contributed by atoms with Crippen molar-refractivity contribution < 1.29 is 13.2 Å². The molecule has 1 heterocycles. The van der Waals surface area contributed by atoms with Gasteiger partial charge in [0.2, 0.25) is 0 Å². The second-order valence-corrected chi connectivity index (χ2v) is 3.48. The van der Waals surface area contributed by atoms with Crippen LogP contribution in [0.25, 0.3) is 11.4 Å². The van der Waals surface area contributed by atoms with Gasteiger partial charge in [0.25, 0.3) is 0 Å². The monoisotopic (exact) mass is 241 g/mol. The van der Waals surface area contributed by atoms with E-state index in [-0.39, 0.29) is 11.4 Å². The van der Waals surface area contributed by atoms with Gasteiger partial charge >= 0.3 is 6.18 Å². The third kappa shape index (κ3) is 2.15. The van der Waals surface area contributed by atoms with Crippen LogP contribution in [0.4, 0.5) is 13.2 Å². The number of aromatic nitrogens is 3. The maximum Gasteiger partial charge on any atom is 0.417 e. The zero-order chi connectivity index (χ0) is 12.5. The van der Waals surface area contributed by atoms with Crippen LogP contribution in [0, 0.1) is 0 Å². The summed E-state index contributed by atoms with van der Waals surface area (Å²) in [6.45, 7) is 2.34. The molecule has 0 saturated heterocycles. The van der Waals surface area contributed by atoms with Crippen molar-refractivity contribution in [2.75, 3.05) is 0 Å². The Morgan fingerprint density at radius 3 is 2.59 bits per heavy atom. The molecule has 0 radical (unpaired) electrons. The molecule has 0 spiro atoms. The highest BCUT2D eigenvalue weighted by atomic mass is 19.4. The molecular weight excluding hydrogens is 231 g/mol. The lowest BCUT2D eigenvalue weighted by atomic mass is 10.1. The van der Waals surface area contributed by atoms with E-state index in [1.807, 2.05) is 6.92 Å². The first-order valence-electron chi connectivity index (χ1n) is 5.08. The lowest BCUT2D eigenvalue weighted by Crippen LogP contribution is -2.09. The molecule has 1 aromatic carbocycles. The van der Waals surface area contributed by atoms with Crippen LogP contribution in [0.2, 0.25) is 0 Å². The highest BCUT2D eigenvalue weighted by Gasteiger charge is 2.34. The Balaban J connectivity index is 2.60. The van der Waals surface area contributed by atoms with Gasteiger partial charge < -0.3 is 4.57 Å². The standard InChI is InChI=1S/C11H10F3N3/c1-2-17-7-15-16-10(17)8-5-3-4-6-9(8)11(12,13)14/h3-7H,2H2,1H3. The van der Waals surface area contributed by atoms with Crippen molar-refractivity contribution in [1.29, 1.82) is 0 Å². The molecule has 0 bridgehead atoms. The van der Waals surface area contributed by atoms with Gasteiger partial charge in [-0.2, -0.15) is 13.2 Å². The minimum Gasteiger partial charge on any atom is -0.314 e. The summed E-state index contributed by atoms with van der Waals surface area (Å²) < 4.78 is 40.0.